The number of amides is 1. The van der Waals surface area contributed by atoms with Crippen LogP contribution in [0.3, 0.4) is 0 Å². The van der Waals surface area contributed by atoms with Crippen molar-refractivity contribution in [2.45, 2.75) is 38.8 Å². The Morgan fingerprint density at radius 3 is 2.97 bits per heavy atom. The fourth-order valence-corrected chi connectivity index (χ4v) is 3.86. The minimum absolute atomic E-state index is 0.0329. The summed E-state index contributed by atoms with van der Waals surface area (Å²) in [5.41, 5.74) is 9.48. The molecule has 0 spiro atoms. The van der Waals surface area contributed by atoms with Gasteiger partial charge >= 0.3 is 0 Å². The number of nitrogens with two attached hydrogens (primary N) is 1. The molecule has 8 heteroatoms. The van der Waals surface area contributed by atoms with Crippen molar-refractivity contribution in [3.05, 3.63) is 53.1 Å². The normalized spacial score (nSPS) is 15.0. The van der Waals surface area contributed by atoms with Crippen molar-refractivity contribution in [2.75, 3.05) is 6.54 Å². The summed E-state index contributed by atoms with van der Waals surface area (Å²) in [4.78, 5) is 15.7. The summed E-state index contributed by atoms with van der Waals surface area (Å²) in [6.07, 6.45) is 1.67. The maximum atomic E-state index is 11.1. The quantitative estimate of drug-likeness (QED) is 0.604. The van der Waals surface area contributed by atoms with Crippen molar-refractivity contribution in [2.24, 2.45) is 5.73 Å². The van der Waals surface area contributed by atoms with E-state index in [0.717, 1.165) is 29.5 Å². The lowest BCUT2D eigenvalue weighted by atomic mass is 10.0. The number of hydrogen-bond acceptors (Lipinski definition) is 7. The fourth-order valence-electron chi connectivity index (χ4n) is 3.86. The summed E-state index contributed by atoms with van der Waals surface area (Å²) in [6, 6.07) is 13.4. The highest BCUT2D eigenvalue weighted by molar-refractivity contribution is 5.76. The first-order valence-electron chi connectivity index (χ1n) is 10.1. The summed E-state index contributed by atoms with van der Waals surface area (Å²) in [7, 11) is 0. The second-order valence-corrected chi connectivity index (χ2v) is 7.72. The van der Waals surface area contributed by atoms with Crippen LogP contribution in [0.1, 0.15) is 43.0 Å². The first-order chi connectivity index (χ1) is 15.0. The molecule has 1 aliphatic rings. The molecule has 0 saturated carbocycles. The minimum atomic E-state index is -0.381. The van der Waals surface area contributed by atoms with Gasteiger partial charge in [-0.3, -0.25) is 4.79 Å². The van der Waals surface area contributed by atoms with E-state index >= 15 is 0 Å². The van der Waals surface area contributed by atoms with Crippen LogP contribution in [0.25, 0.3) is 22.8 Å². The van der Waals surface area contributed by atoms with Crippen LogP contribution in [-0.2, 0) is 11.2 Å². The number of carbonyl (C=O) groups is 1. The third kappa shape index (κ3) is 4.27. The summed E-state index contributed by atoms with van der Waals surface area (Å²) in [6.45, 7) is 3.95. The lowest BCUT2D eigenvalue weighted by Gasteiger charge is -2.13. The van der Waals surface area contributed by atoms with Gasteiger partial charge in [0.15, 0.2) is 0 Å². The van der Waals surface area contributed by atoms with Crippen LogP contribution in [0, 0.1) is 11.3 Å². The molecule has 8 nitrogen and oxygen atoms in total. The number of nitrogens with one attached hydrogen (secondary N) is 1. The predicted molar refractivity (Wildman–Crippen MR) is 114 cm³/mol. The molecule has 1 amide bonds. The molecule has 1 aliphatic carbocycles. The van der Waals surface area contributed by atoms with Crippen molar-refractivity contribution in [3.8, 4) is 34.7 Å². The van der Waals surface area contributed by atoms with Crippen molar-refractivity contribution in [1.82, 2.24) is 15.5 Å². The molecule has 0 fully saturated rings. The third-order valence-electron chi connectivity index (χ3n) is 5.17. The highest BCUT2D eigenvalue weighted by Crippen LogP contribution is 2.37. The number of rotatable bonds is 7. The maximum Gasteiger partial charge on any atom is 0.258 e. The van der Waals surface area contributed by atoms with Crippen LogP contribution >= 0.6 is 0 Å². The Bertz CT molecular complexity index is 1160. The number of hydrogen-bond donors (Lipinski definition) is 2. The third-order valence-corrected chi connectivity index (χ3v) is 5.17. The van der Waals surface area contributed by atoms with Gasteiger partial charge in [-0.25, -0.2) is 0 Å². The van der Waals surface area contributed by atoms with Crippen molar-refractivity contribution < 1.29 is 14.1 Å². The number of fused-ring (bicyclic) bond motifs is 1. The first-order valence-corrected chi connectivity index (χ1v) is 10.1. The smallest absolute Gasteiger partial charge is 0.258 e. The van der Waals surface area contributed by atoms with E-state index in [0.29, 0.717) is 28.6 Å². The minimum Gasteiger partial charge on any atom is -0.490 e. The SMILES string of the molecule is CC(C)Oc1ccc(-c2nc(-c3cccc4c3CC[C@@H]4NCC(N)=O)no2)cc1C#N. The van der Waals surface area contributed by atoms with E-state index in [9.17, 15) is 10.1 Å². The summed E-state index contributed by atoms with van der Waals surface area (Å²) in [5, 5.41) is 16.8. The second-order valence-electron chi connectivity index (χ2n) is 7.72. The van der Waals surface area contributed by atoms with E-state index in [1.807, 2.05) is 32.0 Å². The lowest BCUT2D eigenvalue weighted by molar-refractivity contribution is -0.117. The number of carbonyl (C=O) groups excluding carboxylic acids is 1. The number of aromatic nitrogens is 2. The predicted octanol–water partition coefficient (Wildman–Crippen LogP) is 3.12. The number of nitriles is 1. The largest absolute Gasteiger partial charge is 0.490 e. The van der Waals surface area contributed by atoms with Crippen molar-refractivity contribution in [3.63, 3.8) is 0 Å². The summed E-state index contributed by atoms with van der Waals surface area (Å²) < 4.78 is 11.2. The van der Waals surface area contributed by atoms with Crippen LogP contribution in [0.2, 0.25) is 0 Å². The van der Waals surface area contributed by atoms with Crippen LogP contribution in [0.5, 0.6) is 5.75 Å². The zero-order valence-electron chi connectivity index (χ0n) is 17.4. The molecule has 4 rings (SSSR count). The van der Waals surface area contributed by atoms with Gasteiger partial charge in [0, 0.05) is 17.2 Å². The van der Waals surface area contributed by atoms with E-state index in [1.165, 1.54) is 0 Å². The molecule has 158 valence electrons. The molecule has 31 heavy (non-hydrogen) atoms. The van der Waals surface area contributed by atoms with E-state index in [1.54, 1.807) is 18.2 Å². The molecule has 1 aromatic heterocycles. The Labute approximate surface area is 180 Å². The van der Waals surface area contributed by atoms with Gasteiger partial charge in [-0.2, -0.15) is 10.2 Å². The average Bonchev–Trinajstić information content (AvgIpc) is 3.39. The van der Waals surface area contributed by atoms with E-state index < -0.39 is 0 Å². The van der Waals surface area contributed by atoms with Gasteiger partial charge in [-0.15, -0.1) is 0 Å². The number of benzene rings is 2. The van der Waals surface area contributed by atoms with Gasteiger partial charge in [-0.1, -0.05) is 23.4 Å². The Morgan fingerprint density at radius 1 is 1.39 bits per heavy atom. The zero-order valence-corrected chi connectivity index (χ0v) is 17.4. The van der Waals surface area contributed by atoms with E-state index in [-0.39, 0.29) is 24.6 Å². The average molecular weight is 417 g/mol. The summed E-state index contributed by atoms with van der Waals surface area (Å²) in [5.74, 6) is 0.968. The van der Waals surface area contributed by atoms with Gasteiger partial charge in [0.1, 0.15) is 11.8 Å². The monoisotopic (exact) mass is 417 g/mol. The van der Waals surface area contributed by atoms with E-state index in [2.05, 4.69) is 21.5 Å². The van der Waals surface area contributed by atoms with Crippen molar-refractivity contribution >= 4 is 5.91 Å². The number of ether oxygens (including phenoxy) is 1. The molecule has 0 radical (unpaired) electrons. The molecule has 2 aromatic carbocycles. The van der Waals surface area contributed by atoms with Crippen LogP contribution < -0.4 is 15.8 Å². The molecule has 3 aromatic rings. The van der Waals surface area contributed by atoms with Gasteiger partial charge < -0.3 is 20.3 Å². The maximum absolute atomic E-state index is 11.1. The van der Waals surface area contributed by atoms with Gasteiger partial charge in [0.2, 0.25) is 11.7 Å². The van der Waals surface area contributed by atoms with E-state index in [4.69, 9.17) is 15.0 Å². The van der Waals surface area contributed by atoms with Gasteiger partial charge in [0.05, 0.1) is 18.2 Å². The zero-order chi connectivity index (χ0) is 22.0. The Hall–Kier alpha value is -3.70. The lowest BCUT2D eigenvalue weighted by Crippen LogP contribution is -2.30. The molecule has 0 unspecified atom stereocenters. The number of primary amides is 1. The summed E-state index contributed by atoms with van der Waals surface area (Å²) >= 11 is 0. The van der Waals surface area contributed by atoms with Crippen LogP contribution in [0.15, 0.2) is 40.9 Å². The topological polar surface area (TPSA) is 127 Å². The Kier molecular flexibility index (Phi) is 5.69. The first kappa shape index (κ1) is 20.6. The molecule has 1 atom stereocenters. The molecule has 0 saturated heterocycles. The molecule has 1 heterocycles. The van der Waals surface area contributed by atoms with Gasteiger partial charge in [-0.05, 0) is 56.0 Å². The molecule has 0 aliphatic heterocycles. The molecular weight excluding hydrogens is 394 g/mol. The fraction of sp³-hybridized carbons (Fsp3) is 0.304. The highest BCUT2D eigenvalue weighted by Gasteiger charge is 2.26. The molecule has 0 bridgehead atoms. The van der Waals surface area contributed by atoms with Gasteiger partial charge in [0.25, 0.3) is 5.89 Å². The molecule has 3 N–H and O–H groups in total. The standard InChI is InChI=1S/C23H23N5O3/c1-13(2)30-20-9-6-14(10-15(20)11-24)23-27-22(28-31-23)18-5-3-4-17-16(18)7-8-19(17)26-12-21(25)29/h3-6,9-10,13,19,26H,7-8,12H2,1-2H3,(H2,25,29)/t19-/m0/s1. The van der Waals surface area contributed by atoms with Crippen molar-refractivity contribution in [1.29, 1.82) is 5.26 Å². The second kappa shape index (κ2) is 8.58. The Morgan fingerprint density at radius 2 is 2.23 bits per heavy atom. The van der Waals surface area contributed by atoms with Crippen LogP contribution in [0.4, 0.5) is 0 Å². The highest BCUT2D eigenvalue weighted by atomic mass is 16.5. The Balaban J connectivity index is 1.62. The van der Waals surface area contributed by atoms with Crippen LogP contribution in [-0.4, -0.2) is 28.7 Å². The molecular formula is C23H23N5O3. The number of nitrogens with zero attached hydrogens (tertiary/aromatic N) is 3.